The Morgan fingerprint density at radius 1 is 0.620 bits per heavy atom. The molecule has 2 saturated heterocycles. The van der Waals surface area contributed by atoms with Crippen LogP contribution in [0, 0.1) is 13.8 Å². The van der Waals surface area contributed by atoms with Gasteiger partial charge in [0.1, 0.15) is 30.3 Å². The largest absolute Gasteiger partial charge is 0.492 e. The Hall–Kier alpha value is -6.89. The molecule has 0 spiro atoms. The van der Waals surface area contributed by atoms with Crippen LogP contribution in [0.2, 0.25) is 0 Å². The molecule has 2 aromatic carbocycles. The molecule has 8 rings (SSSR count). The van der Waals surface area contributed by atoms with E-state index in [1.807, 2.05) is 89.5 Å². The Morgan fingerprint density at radius 2 is 1.05 bits per heavy atom. The second-order valence-corrected chi connectivity index (χ2v) is 22.5. The van der Waals surface area contributed by atoms with E-state index in [0.29, 0.717) is 66.6 Å². The third-order valence-corrected chi connectivity index (χ3v) is 14.4. The third-order valence-electron chi connectivity index (χ3n) is 14.4. The first kappa shape index (κ1) is 59.8. The van der Waals surface area contributed by atoms with Gasteiger partial charge in [-0.05, 0) is 123 Å². The van der Waals surface area contributed by atoms with Crippen LogP contribution >= 0.6 is 0 Å². The number of hydrogen-bond acceptors (Lipinski definition) is 11. The summed E-state index contributed by atoms with van der Waals surface area (Å²) in [7, 11) is 0. The molecule has 2 aliphatic heterocycles. The summed E-state index contributed by atoms with van der Waals surface area (Å²) in [4.78, 5) is 76.9. The highest BCUT2D eigenvalue weighted by Gasteiger charge is 2.26. The predicted molar refractivity (Wildman–Crippen MR) is 313 cm³/mol. The third kappa shape index (κ3) is 15.9. The summed E-state index contributed by atoms with van der Waals surface area (Å²) in [6.45, 7) is 31.6. The molecular weight excluding hydrogens is 1000 g/mol. The number of amides is 3. The summed E-state index contributed by atoms with van der Waals surface area (Å²) in [6.07, 6.45) is 7.14. The van der Waals surface area contributed by atoms with E-state index in [-0.39, 0.29) is 54.2 Å². The molecular formula is C61H86N10O8. The molecule has 3 amide bonds. The summed E-state index contributed by atoms with van der Waals surface area (Å²) in [5.74, 6) is 0.836. The van der Waals surface area contributed by atoms with Gasteiger partial charge in [0.25, 0.3) is 22.9 Å². The zero-order valence-corrected chi connectivity index (χ0v) is 48.7. The number of pyridine rings is 2. The number of carbonyl (C=O) groups excluding carboxylic acids is 3. The first-order valence-corrected chi connectivity index (χ1v) is 28.4. The fraction of sp³-hybridized carbons (Fsp3) is 0.525. The molecule has 0 bridgehead atoms. The van der Waals surface area contributed by atoms with Crippen molar-refractivity contribution in [3.05, 3.63) is 126 Å². The molecule has 0 saturated carbocycles. The summed E-state index contributed by atoms with van der Waals surface area (Å²) >= 11 is 0. The molecule has 428 valence electrons. The van der Waals surface area contributed by atoms with Crippen LogP contribution in [0.25, 0.3) is 21.8 Å². The summed E-state index contributed by atoms with van der Waals surface area (Å²) in [6, 6.07) is 16.0. The van der Waals surface area contributed by atoms with Gasteiger partial charge < -0.3 is 54.2 Å². The van der Waals surface area contributed by atoms with E-state index in [0.717, 1.165) is 116 Å². The van der Waals surface area contributed by atoms with Gasteiger partial charge in [-0.25, -0.2) is 4.79 Å². The Labute approximate surface area is 465 Å². The number of benzene rings is 2. The van der Waals surface area contributed by atoms with Gasteiger partial charge in [0.15, 0.2) is 0 Å². The van der Waals surface area contributed by atoms with Crippen LogP contribution in [-0.2, 0) is 30.7 Å². The Balaban J connectivity index is 0.000000232. The Kier molecular flexibility index (Phi) is 20.7. The van der Waals surface area contributed by atoms with E-state index in [1.165, 1.54) is 0 Å². The Morgan fingerprint density at radius 3 is 1.46 bits per heavy atom. The number of fused-ring (bicyclic) bond motifs is 2. The van der Waals surface area contributed by atoms with Gasteiger partial charge in [-0.1, -0.05) is 26.7 Å². The predicted octanol–water partition coefficient (Wildman–Crippen LogP) is 8.42. The van der Waals surface area contributed by atoms with E-state index >= 15 is 0 Å². The van der Waals surface area contributed by atoms with Crippen LogP contribution in [0.4, 0.5) is 4.79 Å². The van der Waals surface area contributed by atoms with Crippen LogP contribution < -0.4 is 36.5 Å². The van der Waals surface area contributed by atoms with E-state index < -0.39 is 5.60 Å². The number of rotatable bonds is 20. The zero-order chi connectivity index (χ0) is 57.0. The molecule has 18 nitrogen and oxygen atoms in total. The normalized spacial score (nSPS) is 14.4. The Bertz CT molecular complexity index is 3170. The molecule has 2 aliphatic rings. The maximum absolute atomic E-state index is 13.6. The smallest absolute Gasteiger partial charge is 0.410 e. The lowest BCUT2D eigenvalue weighted by Gasteiger charge is -2.35. The molecule has 0 unspecified atom stereocenters. The summed E-state index contributed by atoms with van der Waals surface area (Å²) < 4.78 is 22.1. The number of carbonyl (C=O) groups is 3. The van der Waals surface area contributed by atoms with Gasteiger partial charge in [-0.15, -0.1) is 0 Å². The lowest BCUT2D eigenvalue weighted by molar-refractivity contribution is 0.0136. The van der Waals surface area contributed by atoms with Crippen molar-refractivity contribution in [2.24, 2.45) is 0 Å². The number of aryl methyl sites for hydroxylation is 4. The summed E-state index contributed by atoms with van der Waals surface area (Å²) in [5.41, 5.74) is 6.96. The maximum atomic E-state index is 13.6. The molecule has 0 aliphatic carbocycles. The summed E-state index contributed by atoms with van der Waals surface area (Å²) in [5, 5.41) is 11.1. The van der Waals surface area contributed by atoms with Crippen LogP contribution in [-0.4, -0.2) is 136 Å². The lowest BCUT2D eigenvalue weighted by Crippen LogP contribution is -2.50. The monoisotopic (exact) mass is 1090 g/mol. The van der Waals surface area contributed by atoms with Gasteiger partial charge in [0.05, 0.1) is 22.2 Å². The van der Waals surface area contributed by atoms with E-state index in [2.05, 4.69) is 86.4 Å². The van der Waals surface area contributed by atoms with Gasteiger partial charge in [0, 0.05) is 148 Å². The molecule has 2 fully saturated rings. The van der Waals surface area contributed by atoms with Crippen molar-refractivity contribution >= 4 is 39.7 Å². The van der Waals surface area contributed by atoms with Crippen LogP contribution in [0.5, 0.6) is 11.5 Å². The number of H-pyrrole nitrogens is 2. The number of nitrogens with zero attached hydrogens (tertiary/aromatic N) is 5. The fourth-order valence-corrected chi connectivity index (χ4v) is 10.4. The number of hydrogen-bond donors (Lipinski definition) is 5. The molecule has 0 radical (unpaired) electrons. The van der Waals surface area contributed by atoms with Gasteiger partial charge >= 0.3 is 6.09 Å². The molecule has 5 N–H and O–H groups in total. The van der Waals surface area contributed by atoms with E-state index in [4.69, 9.17) is 14.2 Å². The average Bonchev–Trinajstić information content (AvgIpc) is 4.14. The highest BCUT2D eigenvalue weighted by Crippen LogP contribution is 2.31. The number of ether oxygens (including phenoxy) is 3. The minimum absolute atomic E-state index is 0.139. The van der Waals surface area contributed by atoms with Crippen molar-refractivity contribution in [3.8, 4) is 11.5 Å². The molecule has 79 heavy (non-hydrogen) atoms. The maximum Gasteiger partial charge on any atom is 0.410 e. The minimum atomic E-state index is -0.509. The highest BCUT2D eigenvalue weighted by molar-refractivity contribution is 6.08. The molecule has 4 aromatic heterocycles. The second kappa shape index (κ2) is 27.3. The van der Waals surface area contributed by atoms with Crippen molar-refractivity contribution in [3.63, 3.8) is 0 Å². The molecule has 0 atom stereocenters. The average molecular weight is 1090 g/mol. The van der Waals surface area contributed by atoms with Crippen LogP contribution in [0.3, 0.4) is 0 Å². The van der Waals surface area contributed by atoms with Crippen molar-refractivity contribution in [1.82, 2.24) is 49.8 Å². The highest BCUT2D eigenvalue weighted by atomic mass is 16.6. The minimum Gasteiger partial charge on any atom is -0.492 e. The van der Waals surface area contributed by atoms with Gasteiger partial charge in [0.2, 0.25) is 0 Å². The first-order valence-electron chi connectivity index (χ1n) is 28.4. The van der Waals surface area contributed by atoms with Gasteiger partial charge in [-0.2, -0.15) is 0 Å². The standard InChI is InChI=1S/C33H47N5O5.C28H39N5O3/c1-8-9-24-18-23(4)35-31(40)28(24)21-34-30(39)27-19-25(20-29-26(27)10-11-38(29)22(2)3)42-17-16-36-12-14-37(15-13-36)32(41)43-33(5,6)7;1-5-6-21-15-20(4)31-28(35)25(21)18-30-27(34)24-16-22(36-14-13-32-11-8-29-9-12-32)17-26-23(24)7-10-33(26)19(2)3/h10-11,18-20,22H,8-9,12-17,21H2,1-7H3,(H,34,39)(H,35,40);7,10,15-17,19,29H,5-6,8-9,11-14,18H2,1-4H3,(H,30,34)(H,31,35). The number of nitrogens with one attached hydrogen (secondary N) is 5. The second-order valence-electron chi connectivity index (χ2n) is 22.5. The van der Waals surface area contributed by atoms with Crippen molar-refractivity contribution in [2.45, 2.75) is 133 Å². The SMILES string of the molecule is CCCc1cc(C)[nH]c(=O)c1CNC(=O)c1cc(OCCN2CCN(C(=O)OC(C)(C)C)CC2)cc2c1ccn2C(C)C.CCCc1cc(C)[nH]c(=O)c1CNC(=O)c1cc(OCCN2CCNCC2)cc2c1ccn2C(C)C. The number of aromatic nitrogens is 4. The zero-order valence-electron chi connectivity index (χ0n) is 48.7. The van der Waals surface area contributed by atoms with E-state index in [9.17, 15) is 24.0 Å². The molecule has 6 aromatic rings. The van der Waals surface area contributed by atoms with Crippen LogP contribution in [0.15, 0.2) is 70.5 Å². The molecule has 18 heteroatoms. The first-order chi connectivity index (χ1) is 37.7. The van der Waals surface area contributed by atoms with Crippen LogP contribution in [0.1, 0.15) is 142 Å². The molecule has 6 heterocycles. The fourth-order valence-electron chi connectivity index (χ4n) is 10.4. The van der Waals surface area contributed by atoms with Gasteiger partial charge in [-0.3, -0.25) is 29.0 Å². The number of piperazine rings is 2. The van der Waals surface area contributed by atoms with E-state index in [1.54, 1.807) is 11.0 Å². The number of aromatic amines is 2. The van der Waals surface area contributed by atoms with Crippen molar-refractivity contribution in [1.29, 1.82) is 0 Å². The lowest BCUT2D eigenvalue weighted by atomic mass is 10.0. The quantitative estimate of drug-likeness (QED) is 0.0492. The van der Waals surface area contributed by atoms with Crippen molar-refractivity contribution < 1.29 is 28.6 Å². The topological polar surface area (TPSA) is 200 Å². The van der Waals surface area contributed by atoms with Crippen molar-refractivity contribution in [2.75, 3.05) is 78.7 Å².